The van der Waals surface area contributed by atoms with E-state index >= 15 is 0 Å². The van der Waals surface area contributed by atoms with Crippen LogP contribution in [0.5, 0.6) is 0 Å². The van der Waals surface area contributed by atoms with Crippen LogP contribution in [-0.2, 0) is 7.05 Å². The summed E-state index contributed by atoms with van der Waals surface area (Å²) in [6.45, 7) is 0. The first kappa shape index (κ1) is 18.2. The Morgan fingerprint density at radius 2 is 1.93 bits per heavy atom. The van der Waals surface area contributed by atoms with E-state index < -0.39 is 5.82 Å². The Balaban J connectivity index is 1.58. The smallest absolute Gasteiger partial charge is 0.259 e. The first-order valence-corrected chi connectivity index (χ1v) is 8.72. The number of para-hydroxylation sites is 1. The van der Waals surface area contributed by atoms with E-state index in [1.807, 2.05) is 6.07 Å². The molecule has 0 unspecified atom stereocenters. The van der Waals surface area contributed by atoms with Crippen molar-refractivity contribution in [3.8, 4) is 11.4 Å². The lowest BCUT2D eigenvalue weighted by molar-refractivity contribution is 0.102. The van der Waals surface area contributed by atoms with Gasteiger partial charge in [0.05, 0.1) is 11.3 Å². The molecule has 0 saturated carbocycles. The number of rotatable bonds is 5. The number of carbonyl (C=O) groups excluding carboxylic acids is 1. The number of carbonyl (C=O) groups is 1. The lowest BCUT2D eigenvalue weighted by Gasteiger charge is -2.12. The van der Waals surface area contributed by atoms with E-state index in [0.717, 1.165) is 5.56 Å². The van der Waals surface area contributed by atoms with Crippen molar-refractivity contribution >= 4 is 23.1 Å². The molecule has 2 heterocycles. The van der Waals surface area contributed by atoms with Crippen molar-refractivity contribution in [2.24, 2.45) is 7.05 Å². The van der Waals surface area contributed by atoms with Gasteiger partial charge in [0.15, 0.2) is 5.82 Å². The van der Waals surface area contributed by atoms with Crippen LogP contribution >= 0.6 is 0 Å². The fraction of sp³-hybridized carbons (Fsp3) is 0.0500. The molecule has 0 atom stereocenters. The lowest BCUT2D eigenvalue weighted by atomic mass is 10.1. The maximum atomic E-state index is 14.0. The van der Waals surface area contributed by atoms with Gasteiger partial charge >= 0.3 is 0 Å². The van der Waals surface area contributed by atoms with Gasteiger partial charge in [-0.05, 0) is 46.8 Å². The summed E-state index contributed by atoms with van der Waals surface area (Å²) in [6, 6.07) is 16.6. The molecule has 0 aliphatic carbocycles. The van der Waals surface area contributed by atoms with Crippen LogP contribution in [0.1, 0.15) is 10.4 Å². The molecular formula is C20H16FN7O. The number of nitrogens with zero attached hydrogens (tertiary/aromatic N) is 5. The van der Waals surface area contributed by atoms with E-state index in [2.05, 4.69) is 31.1 Å². The first-order valence-electron chi connectivity index (χ1n) is 8.72. The molecule has 29 heavy (non-hydrogen) atoms. The Bertz CT molecular complexity index is 1170. The summed E-state index contributed by atoms with van der Waals surface area (Å²) < 4.78 is 15.5. The van der Waals surface area contributed by atoms with Crippen molar-refractivity contribution in [2.75, 3.05) is 10.6 Å². The zero-order valence-electron chi connectivity index (χ0n) is 15.4. The van der Waals surface area contributed by atoms with Gasteiger partial charge in [0.2, 0.25) is 0 Å². The lowest BCUT2D eigenvalue weighted by Crippen LogP contribution is -2.15. The third-order valence-corrected chi connectivity index (χ3v) is 4.18. The number of hydrogen-bond acceptors (Lipinski definition) is 6. The normalized spacial score (nSPS) is 10.6. The topological polar surface area (TPSA) is 97.6 Å². The highest BCUT2D eigenvalue weighted by Gasteiger charge is 2.15. The van der Waals surface area contributed by atoms with Crippen LogP contribution in [0.2, 0.25) is 0 Å². The molecular weight excluding hydrogens is 373 g/mol. The number of anilines is 3. The number of nitrogens with one attached hydrogen (secondary N) is 2. The molecule has 0 bridgehead atoms. The van der Waals surface area contributed by atoms with Crippen LogP contribution in [0, 0.1) is 5.82 Å². The molecule has 144 valence electrons. The molecule has 4 rings (SSSR count). The average Bonchev–Trinajstić information content (AvgIpc) is 3.16. The predicted octanol–water partition coefficient (Wildman–Crippen LogP) is 3.41. The molecule has 0 radical (unpaired) electrons. The summed E-state index contributed by atoms with van der Waals surface area (Å²) in [7, 11) is 1.73. The number of aryl methyl sites for hydroxylation is 1. The Morgan fingerprint density at radius 3 is 2.72 bits per heavy atom. The van der Waals surface area contributed by atoms with Crippen LogP contribution in [0.15, 0.2) is 66.9 Å². The van der Waals surface area contributed by atoms with Gasteiger partial charge in [0.1, 0.15) is 11.6 Å². The SMILES string of the molecule is Cn1nnnc1-c1cccc(NC(=O)c2cccnc2Nc2ccccc2F)c1. The van der Waals surface area contributed by atoms with Gasteiger partial charge < -0.3 is 10.6 Å². The average molecular weight is 389 g/mol. The number of amides is 1. The Labute approximate surface area is 165 Å². The number of hydrogen-bond donors (Lipinski definition) is 2. The third kappa shape index (κ3) is 3.93. The number of benzene rings is 2. The number of halogens is 1. The zero-order valence-corrected chi connectivity index (χ0v) is 15.4. The zero-order chi connectivity index (χ0) is 20.2. The Hall–Kier alpha value is -4.14. The van der Waals surface area contributed by atoms with Gasteiger partial charge in [-0.25, -0.2) is 14.1 Å². The molecule has 2 aromatic carbocycles. The van der Waals surface area contributed by atoms with Crippen molar-refractivity contribution in [1.29, 1.82) is 0 Å². The van der Waals surface area contributed by atoms with Crippen LogP contribution in [0.3, 0.4) is 0 Å². The fourth-order valence-corrected chi connectivity index (χ4v) is 2.79. The van der Waals surface area contributed by atoms with E-state index in [-0.39, 0.29) is 23.0 Å². The summed E-state index contributed by atoms with van der Waals surface area (Å²) >= 11 is 0. The second kappa shape index (κ2) is 7.85. The Kier molecular flexibility index (Phi) is 4.93. The van der Waals surface area contributed by atoms with Gasteiger partial charge in [0.25, 0.3) is 5.91 Å². The minimum atomic E-state index is -0.436. The van der Waals surface area contributed by atoms with Crippen molar-refractivity contribution in [3.63, 3.8) is 0 Å². The molecule has 9 heteroatoms. The highest BCUT2D eigenvalue weighted by molar-refractivity contribution is 6.08. The van der Waals surface area contributed by atoms with Crippen LogP contribution in [0.25, 0.3) is 11.4 Å². The van der Waals surface area contributed by atoms with Crippen molar-refractivity contribution in [3.05, 3.63) is 78.2 Å². The van der Waals surface area contributed by atoms with Crippen molar-refractivity contribution in [1.82, 2.24) is 25.2 Å². The van der Waals surface area contributed by atoms with E-state index in [1.54, 1.807) is 60.3 Å². The predicted molar refractivity (Wildman–Crippen MR) is 106 cm³/mol. The molecule has 0 spiro atoms. The second-order valence-corrected chi connectivity index (χ2v) is 6.17. The van der Waals surface area contributed by atoms with E-state index in [0.29, 0.717) is 11.5 Å². The standard InChI is InChI=1S/C20H16FN7O/c1-28-19(25-26-27-28)13-6-4-7-14(12-13)23-20(29)15-8-5-11-22-18(15)24-17-10-3-2-9-16(17)21/h2-12H,1H3,(H,22,24)(H,23,29). The van der Waals surface area contributed by atoms with Crippen LogP contribution < -0.4 is 10.6 Å². The van der Waals surface area contributed by atoms with Gasteiger partial charge in [-0.2, -0.15) is 0 Å². The van der Waals surface area contributed by atoms with Crippen molar-refractivity contribution < 1.29 is 9.18 Å². The summed E-state index contributed by atoms with van der Waals surface area (Å²) in [5.74, 6) is 0.00724. The maximum Gasteiger partial charge on any atom is 0.259 e. The fourth-order valence-electron chi connectivity index (χ4n) is 2.79. The molecule has 0 aliphatic rings. The highest BCUT2D eigenvalue weighted by atomic mass is 19.1. The van der Waals surface area contributed by atoms with Gasteiger partial charge in [-0.1, -0.05) is 24.3 Å². The van der Waals surface area contributed by atoms with E-state index in [9.17, 15) is 9.18 Å². The number of aromatic nitrogens is 5. The molecule has 0 saturated heterocycles. The molecule has 8 nitrogen and oxygen atoms in total. The second-order valence-electron chi connectivity index (χ2n) is 6.17. The first-order chi connectivity index (χ1) is 14.1. The minimum absolute atomic E-state index is 0.233. The third-order valence-electron chi connectivity index (χ3n) is 4.18. The molecule has 0 aliphatic heterocycles. The molecule has 4 aromatic rings. The van der Waals surface area contributed by atoms with Gasteiger partial charge in [-0.3, -0.25) is 4.79 Å². The molecule has 2 aromatic heterocycles. The summed E-state index contributed by atoms with van der Waals surface area (Å²) in [5.41, 5.74) is 1.83. The van der Waals surface area contributed by atoms with Gasteiger partial charge in [0, 0.05) is 24.5 Å². The summed E-state index contributed by atoms with van der Waals surface area (Å²) in [5, 5.41) is 17.1. The Morgan fingerprint density at radius 1 is 1.07 bits per heavy atom. The van der Waals surface area contributed by atoms with Gasteiger partial charge in [-0.15, -0.1) is 5.10 Å². The minimum Gasteiger partial charge on any atom is -0.337 e. The maximum absolute atomic E-state index is 14.0. The number of tetrazole rings is 1. The van der Waals surface area contributed by atoms with Crippen LogP contribution in [0.4, 0.5) is 21.6 Å². The monoisotopic (exact) mass is 389 g/mol. The highest BCUT2D eigenvalue weighted by Crippen LogP contribution is 2.23. The van der Waals surface area contributed by atoms with E-state index in [4.69, 9.17) is 0 Å². The summed E-state index contributed by atoms with van der Waals surface area (Å²) in [4.78, 5) is 17.0. The summed E-state index contributed by atoms with van der Waals surface area (Å²) in [6.07, 6.45) is 1.53. The number of pyridine rings is 1. The molecule has 0 fully saturated rings. The van der Waals surface area contributed by atoms with Crippen LogP contribution in [-0.4, -0.2) is 31.1 Å². The van der Waals surface area contributed by atoms with Crippen molar-refractivity contribution in [2.45, 2.75) is 0 Å². The molecule has 2 N–H and O–H groups in total. The molecule has 1 amide bonds. The quantitative estimate of drug-likeness (QED) is 0.543. The largest absolute Gasteiger partial charge is 0.337 e. The van der Waals surface area contributed by atoms with E-state index in [1.165, 1.54) is 12.3 Å².